The predicted octanol–water partition coefficient (Wildman–Crippen LogP) is 6.05. The van der Waals surface area contributed by atoms with Crippen LogP contribution in [0.4, 0.5) is 29.3 Å². The van der Waals surface area contributed by atoms with E-state index in [1.165, 1.54) is 12.1 Å². The number of morpholine rings is 1. The fourth-order valence-electron chi connectivity index (χ4n) is 9.29. The maximum absolute atomic E-state index is 13.4. The number of aromatic hydroxyl groups is 1. The number of piperidine rings is 1. The van der Waals surface area contributed by atoms with E-state index < -0.39 is 24.3 Å². The highest BCUT2D eigenvalue weighted by Crippen LogP contribution is 2.51. The van der Waals surface area contributed by atoms with E-state index in [0.29, 0.717) is 52.9 Å². The number of hydrogen-bond donors (Lipinski definition) is 6. The molecule has 3 aliphatic heterocycles. The summed E-state index contributed by atoms with van der Waals surface area (Å²) in [5.74, 6) is -3.17. The largest absolute Gasteiger partial charge is 0.542 e. The highest BCUT2D eigenvalue weighted by molar-refractivity contribution is 5.95. The van der Waals surface area contributed by atoms with E-state index in [9.17, 15) is 37.8 Å². The fraction of sp³-hybridized carbons (Fsp3) is 0.306. The van der Waals surface area contributed by atoms with Gasteiger partial charge in [0.05, 0.1) is 31.4 Å². The first kappa shape index (κ1) is 45.8. The average Bonchev–Trinajstić information content (AvgIpc) is 4.05. The zero-order valence-corrected chi connectivity index (χ0v) is 35.9. The quantitative estimate of drug-likeness (QED) is 0.0620. The van der Waals surface area contributed by atoms with Crippen LogP contribution in [0.3, 0.4) is 0 Å². The van der Waals surface area contributed by atoms with Gasteiger partial charge in [0.2, 0.25) is 11.5 Å². The molecular formula is C49H48F3N5O9. The van der Waals surface area contributed by atoms with Crippen LogP contribution in [0, 0.1) is 0 Å². The van der Waals surface area contributed by atoms with E-state index in [-0.39, 0.29) is 48.5 Å². The lowest BCUT2D eigenvalue weighted by molar-refractivity contribution is -0.938. The molecule has 6 aromatic rings. The number of carbonyl (C=O) groups excluding carboxylic acids is 3. The second-order valence-electron chi connectivity index (χ2n) is 17.4. The van der Waals surface area contributed by atoms with Crippen LogP contribution in [0.25, 0.3) is 32.8 Å². The number of carbonyl (C=O) groups is 3. The number of aryl methyl sites for hydroxylation is 1. The van der Waals surface area contributed by atoms with Crippen molar-refractivity contribution in [1.29, 1.82) is 0 Å². The van der Waals surface area contributed by atoms with Gasteiger partial charge in [0.25, 0.3) is 0 Å². The van der Waals surface area contributed by atoms with Gasteiger partial charge in [0.1, 0.15) is 42.1 Å². The first-order valence-corrected chi connectivity index (χ1v) is 21.4. The van der Waals surface area contributed by atoms with Gasteiger partial charge in [0.15, 0.2) is 0 Å². The van der Waals surface area contributed by atoms with Gasteiger partial charge >= 0.3 is 12.3 Å². The number of carboxylic acids is 1. The Balaban J connectivity index is 0.000000785. The standard InChI is InChI=1S/C47H47N5O7.C2HF3O2/c1-52(2)38-23-33(24-39(52)46-45(38)59-46)58-47(57)50-37-21-27(9-14-34(37)29-6-4-3-5-7-29)10-18-42(55)49-32-13-12-30-20-28(8-11-31(30)22-32)25-48-26-41(54)35-15-17-40(53)44-36(35)16-19-43(56)51-44;3-2(4,5)1(6)7/h3-9,11-17,19-22,33,38-39,41,45-46,48,54H,10,18,23-26H2,1-2H3,(H3-,49,50,51,53,55,56,57);(H,6,7)/t33?,38-,39+,41-,45-,46+;/m0./s1. The number of fused-ring (bicyclic) bond motifs is 7. The van der Waals surface area contributed by atoms with E-state index in [1.807, 2.05) is 78.9 Å². The van der Waals surface area contributed by atoms with Crippen molar-refractivity contribution in [3.63, 3.8) is 0 Å². The molecule has 3 saturated heterocycles. The first-order valence-electron chi connectivity index (χ1n) is 21.4. The number of pyridine rings is 1. The van der Waals surface area contributed by atoms with Crippen molar-refractivity contribution in [3.8, 4) is 16.9 Å². The second-order valence-corrected chi connectivity index (χ2v) is 17.4. The number of phenols is 1. The highest BCUT2D eigenvalue weighted by atomic mass is 19.4. The monoisotopic (exact) mass is 907 g/mol. The number of epoxide rings is 1. The molecule has 66 heavy (non-hydrogen) atoms. The second kappa shape index (κ2) is 18.6. The Morgan fingerprint density at radius 3 is 2.27 bits per heavy atom. The molecule has 0 radical (unpaired) electrons. The number of aromatic amines is 1. The molecule has 1 aromatic heterocycles. The van der Waals surface area contributed by atoms with Crippen LogP contribution in [-0.2, 0) is 32.0 Å². The van der Waals surface area contributed by atoms with Gasteiger partial charge in [-0.2, -0.15) is 13.2 Å². The fourth-order valence-corrected chi connectivity index (χ4v) is 9.29. The number of carboxylic acid groups (broad SMARTS) is 1. The first-order chi connectivity index (χ1) is 31.4. The molecule has 4 heterocycles. The van der Waals surface area contributed by atoms with E-state index in [2.05, 4.69) is 41.1 Å². The molecule has 5 aromatic carbocycles. The minimum absolute atomic E-state index is 0.0500. The number of anilines is 2. The molecule has 0 aliphatic carbocycles. The summed E-state index contributed by atoms with van der Waals surface area (Å²) in [4.78, 5) is 49.7. The maximum atomic E-state index is 13.4. The van der Waals surface area contributed by atoms with Crippen LogP contribution in [0.5, 0.6) is 5.75 Å². The highest BCUT2D eigenvalue weighted by Gasteiger charge is 2.70. The van der Waals surface area contributed by atoms with Crippen molar-refractivity contribution >= 4 is 51.0 Å². The molecule has 2 bridgehead atoms. The number of alkyl halides is 3. The molecule has 14 nitrogen and oxygen atoms in total. The molecular weight excluding hydrogens is 860 g/mol. The number of benzene rings is 5. The van der Waals surface area contributed by atoms with Gasteiger partial charge in [-0.15, -0.1) is 0 Å². The van der Waals surface area contributed by atoms with Crippen LogP contribution in [0.2, 0.25) is 0 Å². The number of aromatic nitrogens is 1. The van der Waals surface area contributed by atoms with Crippen molar-refractivity contribution in [3.05, 3.63) is 136 Å². The van der Waals surface area contributed by atoms with Crippen LogP contribution >= 0.6 is 0 Å². The number of phenolic OH excluding ortho intramolecular Hbond substituents is 1. The Morgan fingerprint density at radius 2 is 1.56 bits per heavy atom. The van der Waals surface area contributed by atoms with Gasteiger partial charge < -0.3 is 49.7 Å². The number of quaternary nitrogens is 1. The topological polar surface area (TPSA) is 205 Å². The summed E-state index contributed by atoms with van der Waals surface area (Å²) < 4.78 is 44.4. The van der Waals surface area contributed by atoms with Crippen LogP contribution in [0.1, 0.15) is 42.1 Å². The van der Waals surface area contributed by atoms with E-state index in [0.717, 1.165) is 50.4 Å². The number of hydrogen-bond acceptors (Lipinski definition) is 10. The Bertz CT molecular complexity index is 2830. The van der Waals surface area contributed by atoms with Crippen LogP contribution in [-0.4, -0.2) is 94.9 Å². The number of rotatable bonds is 12. The molecule has 17 heteroatoms. The lowest BCUT2D eigenvalue weighted by Crippen LogP contribution is -2.60. The number of H-pyrrole nitrogens is 1. The van der Waals surface area contributed by atoms with E-state index in [1.54, 1.807) is 12.1 Å². The normalized spacial score (nSPS) is 20.7. The van der Waals surface area contributed by atoms with Crippen LogP contribution in [0.15, 0.2) is 114 Å². The number of amides is 2. The lowest BCUT2D eigenvalue weighted by Gasteiger charge is -2.45. The summed E-state index contributed by atoms with van der Waals surface area (Å²) in [7, 11) is 4.51. The van der Waals surface area contributed by atoms with Gasteiger partial charge in [-0.1, -0.05) is 66.7 Å². The molecule has 6 atom stereocenters. The number of aliphatic hydroxyl groups is 1. The number of aliphatic carboxylic acids is 1. The third-order valence-electron chi connectivity index (χ3n) is 12.7. The summed E-state index contributed by atoms with van der Waals surface area (Å²) in [5, 5.41) is 41.8. The number of nitrogens with zero attached hydrogens (tertiary/aromatic N) is 1. The zero-order valence-electron chi connectivity index (χ0n) is 35.9. The summed E-state index contributed by atoms with van der Waals surface area (Å²) >= 11 is 0. The van der Waals surface area contributed by atoms with Crippen molar-refractivity contribution < 1.29 is 56.8 Å². The van der Waals surface area contributed by atoms with Gasteiger partial charge in [0, 0.05) is 55.1 Å². The molecule has 0 saturated carbocycles. The molecule has 344 valence electrons. The minimum atomic E-state index is -5.19. The molecule has 9 rings (SSSR count). The van der Waals surface area contributed by atoms with Gasteiger partial charge in [-0.25, -0.2) is 4.79 Å². The molecule has 3 aliphatic rings. The number of likely N-dealkylation sites (N-methyl/N-ethyl adjacent to an activating group) is 1. The lowest BCUT2D eigenvalue weighted by atomic mass is 9.96. The number of ether oxygens (including phenoxy) is 2. The van der Waals surface area contributed by atoms with Crippen molar-refractivity contribution in [2.75, 3.05) is 31.3 Å². The van der Waals surface area contributed by atoms with Gasteiger partial charge in [-0.05, 0) is 75.8 Å². The molecule has 1 unspecified atom stereocenters. The number of aliphatic hydroxyl groups excluding tert-OH is 1. The summed E-state index contributed by atoms with van der Waals surface area (Å²) in [6, 6.07) is 34.5. The molecule has 6 N–H and O–H groups in total. The van der Waals surface area contributed by atoms with Crippen LogP contribution < -0.4 is 26.6 Å². The SMILES string of the molecule is C[N+]1(C)[C@@H]2CC(OC(=O)Nc3cc(CCC(=O)Nc4ccc5cc(CNC[C@H](O)c6ccc(O)c7[nH]c(=O)ccc67)ccc5c4)ccc3-c3ccccc3)C[C@H]1[C@@H]1O[C@@H]12.O=C([O-])C(F)(F)F. The average molecular weight is 908 g/mol. The Hall–Kier alpha value is -6.79. The maximum Gasteiger partial charge on any atom is 0.430 e. The van der Waals surface area contributed by atoms with Crippen molar-refractivity contribution in [2.45, 2.75) is 74.9 Å². The zero-order chi connectivity index (χ0) is 46.9. The third-order valence-corrected chi connectivity index (χ3v) is 12.7. The number of nitrogens with one attached hydrogen (secondary N) is 4. The van der Waals surface area contributed by atoms with Crippen molar-refractivity contribution in [2.24, 2.45) is 0 Å². The van der Waals surface area contributed by atoms with E-state index in [4.69, 9.17) is 19.4 Å². The smallest absolute Gasteiger partial charge is 0.430 e. The summed E-state index contributed by atoms with van der Waals surface area (Å²) in [5.41, 5.74) is 5.71. The third kappa shape index (κ3) is 10.2. The number of halogens is 3. The Kier molecular flexibility index (Phi) is 12.9. The Morgan fingerprint density at radius 1 is 0.879 bits per heavy atom. The van der Waals surface area contributed by atoms with Gasteiger partial charge in [-0.3, -0.25) is 14.9 Å². The predicted molar refractivity (Wildman–Crippen MR) is 238 cm³/mol. The summed E-state index contributed by atoms with van der Waals surface area (Å²) in [6.07, 6.45) is -3.82. The van der Waals surface area contributed by atoms with E-state index >= 15 is 0 Å². The molecule has 3 fully saturated rings. The van der Waals surface area contributed by atoms with Crippen molar-refractivity contribution in [1.82, 2.24) is 10.3 Å². The molecule has 2 amide bonds. The Labute approximate surface area is 376 Å². The molecule has 0 spiro atoms. The summed E-state index contributed by atoms with van der Waals surface area (Å²) in [6.45, 7) is 0.777. The minimum Gasteiger partial charge on any atom is -0.542 e.